The third-order valence-corrected chi connectivity index (χ3v) is 3.78. The van der Waals surface area contributed by atoms with Crippen LogP contribution in [0.2, 0.25) is 0 Å². The van der Waals surface area contributed by atoms with E-state index in [1.54, 1.807) is 6.20 Å². The molecule has 3 rings (SSSR count). The van der Waals surface area contributed by atoms with Gasteiger partial charge in [-0.3, -0.25) is 9.78 Å². The Morgan fingerprint density at radius 3 is 3.05 bits per heavy atom. The first-order valence-corrected chi connectivity index (χ1v) is 6.99. The lowest BCUT2D eigenvalue weighted by Gasteiger charge is -2.21. The van der Waals surface area contributed by atoms with Crippen molar-refractivity contribution >= 4 is 22.5 Å². The lowest BCUT2D eigenvalue weighted by molar-refractivity contribution is -0.119. The summed E-state index contributed by atoms with van der Waals surface area (Å²) in [5, 5.41) is 13.3. The second kappa shape index (κ2) is 5.41. The number of nitrogens with zero attached hydrogens (tertiary/aromatic N) is 3. The van der Waals surface area contributed by atoms with Gasteiger partial charge in [0.1, 0.15) is 6.07 Å². The number of hydrogen-bond donors (Lipinski definition) is 1. The number of amides is 1. The third-order valence-electron chi connectivity index (χ3n) is 3.78. The van der Waals surface area contributed by atoms with Gasteiger partial charge in [-0.15, -0.1) is 0 Å². The standard InChI is InChI=1S/C16H16N4O/c1-11(21)19-13-6-7-20(10-13)16-12(8-17)9-18-15-5-3-2-4-14(15)16/h2-5,9,13H,6-7,10H2,1H3,(H,19,21). The molecule has 1 unspecified atom stereocenters. The lowest BCUT2D eigenvalue weighted by atomic mass is 10.1. The van der Waals surface area contributed by atoms with E-state index in [2.05, 4.69) is 21.3 Å². The molecule has 106 valence electrons. The van der Waals surface area contributed by atoms with Crippen LogP contribution in [0.1, 0.15) is 18.9 Å². The SMILES string of the molecule is CC(=O)NC1CCN(c2c(C#N)cnc3ccccc23)C1. The quantitative estimate of drug-likeness (QED) is 0.911. The van der Waals surface area contributed by atoms with Crippen molar-refractivity contribution in [2.45, 2.75) is 19.4 Å². The lowest BCUT2D eigenvalue weighted by Crippen LogP contribution is -2.35. The normalized spacial score (nSPS) is 17.7. The molecule has 1 aliphatic heterocycles. The molecule has 0 bridgehead atoms. The van der Waals surface area contributed by atoms with Crippen LogP contribution in [-0.2, 0) is 4.79 Å². The molecular formula is C16H16N4O. The largest absolute Gasteiger partial charge is 0.368 e. The van der Waals surface area contributed by atoms with E-state index in [0.29, 0.717) is 5.56 Å². The number of benzene rings is 1. The van der Waals surface area contributed by atoms with Gasteiger partial charge in [-0.2, -0.15) is 5.26 Å². The summed E-state index contributed by atoms with van der Waals surface area (Å²) >= 11 is 0. The summed E-state index contributed by atoms with van der Waals surface area (Å²) in [6, 6.07) is 10.2. The number of carbonyl (C=O) groups is 1. The molecule has 1 N–H and O–H groups in total. The summed E-state index contributed by atoms with van der Waals surface area (Å²) in [6.45, 7) is 3.08. The van der Waals surface area contributed by atoms with Crippen LogP contribution < -0.4 is 10.2 Å². The second-order valence-corrected chi connectivity index (χ2v) is 5.28. The van der Waals surface area contributed by atoms with Crippen LogP contribution >= 0.6 is 0 Å². The van der Waals surface area contributed by atoms with Crippen LogP contribution in [0.25, 0.3) is 10.9 Å². The molecule has 1 amide bonds. The molecule has 1 aromatic carbocycles. The third kappa shape index (κ3) is 2.52. The minimum absolute atomic E-state index is 0.0121. The molecule has 1 aliphatic rings. The Hall–Kier alpha value is -2.61. The minimum Gasteiger partial charge on any atom is -0.368 e. The highest BCUT2D eigenvalue weighted by atomic mass is 16.1. The van der Waals surface area contributed by atoms with Gasteiger partial charge in [0.25, 0.3) is 0 Å². The number of fused-ring (bicyclic) bond motifs is 1. The van der Waals surface area contributed by atoms with E-state index in [1.807, 2.05) is 24.3 Å². The van der Waals surface area contributed by atoms with Gasteiger partial charge in [-0.1, -0.05) is 18.2 Å². The summed E-state index contributed by atoms with van der Waals surface area (Å²) in [4.78, 5) is 17.7. The molecule has 5 nitrogen and oxygen atoms in total. The Kier molecular flexibility index (Phi) is 3.44. The van der Waals surface area contributed by atoms with Crippen LogP contribution in [0.4, 0.5) is 5.69 Å². The number of hydrogen-bond acceptors (Lipinski definition) is 4. The Labute approximate surface area is 123 Å². The number of anilines is 1. The molecule has 1 fully saturated rings. The highest BCUT2D eigenvalue weighted by Gasteiger charge is 2.26. The first kappa shape index (κ1) is 13.4. The van der Waals surface area contributed by atoms with Crippen molar-refractivity contribution in [2.24, 2.45) is 0 Å². The number of pyridine rings is 1. The monoisotopic (exact) mass is 280 g/mol. The molecule has 0 saturated carbocycles. The second-order valence-electron chi connectivity index (χ2n) is 5.28. The molecule has 5 heteroatoms. The Balaban J connectivity index is 2.00. The highest BCUT2D eigenvalue weighted by Crippen LogP contribution is 2.31. The predicted octanol–water partition coefficient (Wildman–Crippen LogP) is 1.82. The van der Waals surface area contributed by atoms with Crippen molar-refractivity contribution in [3.63, 3.8) is 0 Å². The fourth-order valence-corrected chi connectivity index (χ4v) is 2.92. The van der Waals surface area contributed by atoms with E-state index >= 15 is 0 Å². The maximum Gasteiger partial charge on any atom is 0.217 e. The van der Waals surface area contributed by atoms with E-state index in [4.69, 9.17) is 0 Å². The van der Waals surface area contributed by atoms with Crippen molar-refractivity contribution in [1.82, 2.24) is 10.3 Å². The highest BCUT2D eigenvalue weighted by molar-refractivity contribution is 5.94. The van der Waals surface area contributed by atoms with E-state index in [0.717, 1.165) is 36.1 Å². The fourth-order valence-electron chi connectivity index (χ4n) is 2.92. The fraction of sp³-hybridized carbons (Fsp3) is 0.312. The Morgan fingerprint density at radius 2 is 2.29 bits per heavy atom. The minimum atomic E-state index is -0.0121. The molecule has 0 aliphatic carbocycles. The van der Waals surface area contributed by atoms with Gasteiger partial charge in [0.05, 0.1) is 16.8 Å². The maximum atomic E-state index is 11.2. The van der Waals surface area contributed by atoms with Crippen molar-refractivity contribution in [3.8, 4) is 6.07 Å². The van der Waals surface area contributed by atoms with Crippen LogP contribution in [-0.4, -0.2) is 30.0 Å². The maximum absolute atomic E-state index is 11.2. The smallest absolute Gasteiger partial charge is 0.217 e. The molecule has 1 aromatic heterocycles. The molecule has 1 atom stereocenters. The van der Waals surface area contributed by atoms with Crippen molar-refractivity contribution in [2.75, 3.05) is 18.0 Å². The van der Waals surface area contributed by atoms with Crippen LogP contribution in [0.15, 0.2) is 30.5 Å². The molecule has 2 heterocycles. The number of rotatable bonds is 2. The summed E-state index contributed by atoms with van der Waals surface area (Å²) in [5.74, 6) is -0.0121. The number of aromatic nitrogens is 1. The van der Waals surface area contributed by atoms with Gasteiger partial charge in [0.2, 0.25) is 5.91 Å². The van der Waals surface area contributed by atoms with Crippen molar-refractivity contribution in [1.29, 1.82) is 5.26 Å². The first-order valence-electron chi connectivity index (χ1n) is 6.99. The summed E-state index contributed by atoms with van der Waals surface area (Å²) in [6.07, 6.45) is 2.52. The topological polar surface area (TPSA) is 69.0 Å². The molecule has 21 heavy (non-hydrogen) atoms. The molecule has 0 radical (unpaired) electrons. The van der Waals surface area contributed by atoms with Crippen LogP contribution in [0.5, 0.6) is 0 Å². The average Bonchev–Trinajstić information content (AvgIpc) is 2.93. The summed E-state index contributed by atoms with van der Waals surface area (Å²) in [5.41, 5.74) is 2.39. The molecule has 0 spiro atoms. The Bertz CT molecular complexity index is 735. The Morgan fingerprint density at radius 1 is 1.48 bits per heavy atom. The van der Waals surface area contributed by atoms with Crippen molar-refractivity contribution < 1.29 is 4.79 Å². The molecule has 2 aromatic rings. The zero-order chi connectivity index (χ0) is 14.8. The first-order chi connectivity index (χ1) is 10.2. The van der Waals surface area contributed by atoms with E-state index in [9.17, 15) is 10.1 Å². The van der Waals surface area contributed by atoms with Gasteiger partial charge in [-0.05, 0) is 12.5 Å². The van der Waals surface area contributed by atoms with Crippen LogP contribution in [0.3, 0.4) is 0 Å². The van der Waals surface area contributed by atoms with Gasteiger partial charge in [0, 0.05) is 37.6 Å². The van der Waals surface area contributed by atoms with Gasteiger partial charge in [-0.25, -0.2) is 0 Å². The van der Waals surface area contributed by atoms with Crippen LogP contribution in [0, 0.1) is 11.3 Å². The average molecular weight is 280 g/mol. The molecular weight excluding hydrogens is 264 g/mol. The summed E-state index contributed by atoms with van der Waals surface area (Å²) in [7, 11) is 0. The van der Waals surface area contributed by atoms with Gasteiger partial charge < -0.3 is 10.2 Å². The van der Waals surface area contributed by atoms with Gasteiger partial charge >= 0.3 is 0 Å². The van der Waals surface area contributed by atoms with Crippen molar-refractivity contribution in [3.05, 3.63) is 36.0 Å². The number of carbonyl (C=O) groups excluding carboxylic acids is 1. The van der Waals surface area contributed by atoms with E-state index in [-0.39, 0.29) is 11.9 Å². The zero-order valence-electron chi connectivity index (χ0n) is 11.8. The predicted molar refractivity (Wildman–Crippen MR) is 80.9 cm³/mol. The number of para-hydroxylation sites is 1. The van der Waals surface area contributed by atoms with E-state index in [1.165, 1.54) is 6.92 Å². The summed E-state index contributed by atoms with van der Waals surface area (Å²) < 4.78 is 0. The van der Waals surface area contributed by atoms with Gasteiger partial charge in [0.15, 0.2) is 0 Å². The number of nitriles is 1. The zero-order valence-corrected chi connectivity index (χ0v) is 11.8. The number of nitrogens with one attached hydrogen (secondary N) is 1. The van der Waals surface area contributed by atoms with E-state index < -0.39 is 0 Å². The molecule has 1 saturated heterocycles.